The topological polar surface area (TPSA) is 159 Å². The molecule has 2 saturated heterocycles. The Kier molecular flexibility index (Phi) is 10.6. The molecule has 6 heterocycles. The minimum atomic E-state index is -3.35. The van der Waals surface area contributed by atoms with Crippen molar-refractivity contribution in [1.82, 2.24) is 44.5 Å². The number of imidazole rings is 1. The normalized spacial score (nSPS) is 19.3. The van der Waals surface area contributed by atoms with E-state index in [9.17, 15) is 19.2 Å². The molecular formula is C41H40F4N10O4. The number of imide groups is 1. The molecule has 2 amide bonds. The first kappa shape index (κ1) is 39.8. The highest BCUT2D eigenvalue weighted by Crippen LogP contribution is 2.39. The number of aryl methyl sites for hydroxylation is 1. The lowest BCUT2D eigenvalue weighted by atomic mass is 9.97. The minimum Gasteiger partial charge on any atom is -0.326 e. The second-order valence-electron chi connectivity index (χ2n) is 15.3. The Balaban J connectivity index is 0.908. The van der Waals surface area contributed by atoms with Crippen molar-refractivity contribution in [1.29, 1.82) is 0 Å². The number of anilines is 2. The fraction of sp³-hybridized carbons (Fsp3) is 0.366. The zero-order chi connectivity index (χ0) is 41.7. The van der Waals surface area contributed by atoms with Crippen molar-refractivity contribution in [3.8, 4) is 11.3 Å². The van der Waals surface area contributed by atoms with Gasteiger partial charge in [0.1, 0.15) is 28.9 Å². The van der Waals surface area contributed by atoms with Gasteiger partial charge >= 0.3 is 6.05 Å². The summed E-state index contributed by atoms with van der Waals surface area (Å²) < 4.78 is 63.7. The number of hydrogen-bond acceptors (Lipinski definition) is 12. The van der Waals surface area contributed by atoms with Crippen molar-refractivity contribution < 1.29 is 36.7 Å². The van der Waals surface area contributed by atoms with Crippen LogP contribution < -0.4 is 10.6 Å². The number of nitrogens with zero attached hydrogens (tertiary/aromatic N) is 8. The van der Waals surface area contributed by atoms with E-state index in [1.807, 2.05) is 41.5 Å². The van der Waals surface area contributed by atoms with Crippen molar-refractivity contribution in [3.63, 3.8) is 0 Å². The highest BCUT2D eigenvalue weighted by molar-refractivity contribution is 6.27. The third kappa shape index (κ3) is 7.58. The van der Waals surface area contributed by atoms with Gasteiger partial charge in [-0.3, -0.25) is 34.3 Å². The fourth-order valence-electron chi connectivity index (χ4n) is 8.35. The van der Waals surface area contributed by atoms with E-state index >= 15 is 17.6 Å². The van der Waals surface area contributed by atoms with Gasteiger partial charge in [0.05, 0.1) is 23.3 Å². The first-order valence-corrected chi connectivity index (χ1v) is 19.2. The van der Waals surface area contributed by atoms with Gasteiger partial charge in [-0.05, 0) is 68.1 Å². The van der Waals surface area contributed by atoms with Crippen LogP contribution in [0.5, 0.6) is 0 Å². The van der Waals surface area contributed by atoms with Crippen molar-refractivity contribution in [3.05, 3.63) is 94.6 Å². The maximum atomic E-state index is 15.8. The van der Waals surface area contributed by atoms with Crippen LogP contribution in [-0.4, -0.2) is 95.3 Å². The maximum Gasteiger partial charge on any atom is 0.333 e. The van der Waals surface area contributed by atoms with Crippen LogP contribution >= 0.6 is 0 Å². The standard InChI is InChI=1S/C41H40F4N10O4/c1-22(2)55-23(3)48-37-29(42)15-26(16-32(37)55)36-30(43)18-47-40(51-36)49-34-8-6-27(17-46-34)41(44,45)53-12-10-52(11-13-53)19-24-4-5-25-20-54(31-7-9-35(58)50-39(31)59)38(28(25)14-24)33(57)21-56/h4-6,8,14-18,21-22,31,38H,7,9-13,19-20H2,1-3H3,(H,50,58,59)(H,46,47,49,51). The molecule has 306 valence electrons. The molecule has 5 aromatic rings. The third-order valence-electron chi connectivity index (χ3n) is 11.2. The summed E-state index contributed by atoms with van der Waals surface area (Å²) in [7, 11) is 0. The summed E-state index contributed by atoms with van der Waals surface area (Å²) in [5, 5.41) is 5.13. The van der Waals surface area contributed by atoms with E-state index in [4.69, 9.17) is 0 Å². The number of rotatable bonds is 11. The van der Waals surface area contributed by atoms with Crippen molar-refractivity contribution in [2.75, 3.05) is 31.5 Å². The molecule has 0 bridgehead atoms. The molecule has 3 aliphatic rings. The van der Waals surface area contributed by atoms with E-state index in [0.717, 1.165) is 34.5 Å². The number of carbonyl (C=O) groups excluding carboxylic acids is 4. The average molecular weight is 813 g/mol. The van der Waals surface area contributed by atoms with Gasteiger partial charge in [-0.15, -0.1) is 0 Å². The van der Waals surface area contributed by atoms with Crippen LogP contribution in [0, 0.1) is 18.6 Å². The molecule has 0 spiro atoms. The van der Waals surface area contributed by atoms with Crippen molar-refractivity contribution >= 4 is 46.7 Å². The molecule has 0 saturated carbocycles. The lowest BCUT2D eigenvalue weighted by Gasteiger charge is -2.39. The summed E-state index contributed by atoms with van der Waals surface area (Å²) >= 11 is 0. The number of aldehydes is 1. The predicted octanol–water partition coefficient (Wildman–Crippen LogP) is 5.10. The van der Waals surface area contributed by atoms with Gasteiger partial charge in [-0.2, -0.15) is 8.78 Å². The Labute approximate surface area is 335 Å². The molecule has 2 unspecified atom stereocenters. The SMILES string of the molecule is Cc1nc2c(F)cc(-c3nc(Nc4ccc(C(F)(F)N5CCN(Cc6ccc7c(c6)C(C(=O)C=O)N(C6CCC(=O)NC6=O)C7)CC5)cn4)ncc3F)cc2n1C(C)C. The van der Waals surface area contributed by atoms with E-state index in [0.29, 0.717) is 36.5 Å². The number of nitrogens with one attached hydrogen (secondary N) is 2. The number of benzene rings is 2. The summed E-state index contributed by atoms with van der Waals surface area (Å²) in [5.41, 5.74) is 2.57. The highest BCUT2D eigenvalue weighted by atomic mass is 19.3. The molecule has 18 heteroatoms. The summed E-state index contributed by atoms with van der Waals surface area (Å²) in [6.07, 6.45) is 2.61. The van der Waals surface area contributed by atoms with Crippen LogP contribution in [0.3, 0.4) is 0 Å². The van der Waals surface area contributed by atoms with Gasteiger partial charge in [-0.1, -0.05) is 18.2 Å². The summed E-state index contributed by atoms with van der Waals surface area (Å²) in [6.45, 7) is 7.03. The number of hydrogen-bond donors (Lipinski definition) is 2. The van der Waals surface area contributed by atoms with Crippen molar-refractivity contribution in [2.24, 2.45) is 0 Å². The number of piperazine rings is 1. The Morgan fingerprint density at radius 2 is 1.78 bits per heavy atom. The molecule has 14 nitrogen and oxygen atoms in total. The third-order valence-corrected chi connectivity index (χ3v) is 11.2. The molecule has 2 N–H and O–H groups in total. The van der Waals surface area contributed by atoms with Gasteiger partial charge in [-0.25, -0.2) is 33.6 Å². The number of fused-ring (bicyclic) bond motifs is 2. The molecule has 0 radical (unpaired) electrons. The molecular weight excluding hydrogens is 773 g/mol. The van der Waals surface area contributed by atoms with Crippen LogP contribution in [0.1, 0.15) is 66.9 Å². The van der Waals surface area contributed by atoms with Gasteiger partial charge in [0, 0.05) is 63.5 Å². The van der Waals surface area contributed by atoms with Gasteiger partial charge in [0.15, 0.2) is 17.9 Å². The van der Waals surface area contributed by atoms with E-state index in [1.54, 1.807) is 17.9 Å². The van der Waals surface area contributed by atoms with Gasteiger partial charge in [0.25, 0.3) is 0 Å². The highest BCUT2D eigenvalue weighted by Gasteiger charge is 2.44. The summed E-state index contributed by atoms with van der Waals surface area (Å²) in [5.74, 6) is -2.30. The molecule has 3 aliphatic heterocycles. The molecule has 3 aromatic heterocycles. The summed E-state index contributed by atoms with van der Waals surface area (Å²) in [6, 6.07) is 5.85. The second-order valence-corrected chi connectivity index (χ2v) is 15.3. The average Bonchev–Trinajstić information content (AvgIpc) is 3.76. The Morgan fingerprint density at radius 3 is 2.47 bits per heavy atom. The largest absolute Gasteiger partial charge is 0.333 e. The number of alkyl halides is 2. The van der Waals surface area contributed by atoms with E-state index < -0.39 is 41.5 Å². The van der Waals surface area contributed by atoms with Crippen LogP contribution in [0.25, 0.3) is 22.3 Å². The second kappa shape index (κ2) is 15.6. The molecule has 0 aliphatic carbocycles. The van der Waals surface area contributed by atoms with Crippen LogP contribution in [0.15, 0.2) is 54.9 Å². The van der Waals surface area contributed by atoms with E-state index in [1.165, 1.54) is 12.1 Å². The minimum absolute atomic E-state index is 0.0295. The monoisotopic (exact) mass is 812 g/mol. The number of aromatic nitrogens is 5. The zero-order valence-electron chi connectivity index (χ0n) is 32.4. The van der Waals surface area contributed by atoms with E-state index in [-0.39, 0.29) is 84.8 Å². The number of halogens is 4. The number of amides is 2. The smallest absolute Gasteiger partial charge is 0.326 e. The van der Waals surface area contributed by atoms with Crippen molar-refractivity contribution in [2.45, 2.75) is 70.9 Å². The maximum absolute atomic E-state index is 15.8. The summed E-state index contributed by atoms with van der Waals surface area (Å²) in [4.78, 5) is 70.4. The van der Waals surface area contributed by atoms with Gasteiger partial charge < -0.3 is 9.88 Å². The number of pyridine rings is 1. The van der Waals surface area contributed by atoms with Crippen LogP contribution in [0.4, 0.5) is 29.3 Å². The first-order valence-electron chi connectivity index (χ1n) is 19.2. The molecule has 2 fully saturated rings. The fourth-order valence-corrected chi connectivity index (χ4v) is 8.35. The van der Waals surface area contributed by atoms with Gasteiger partial charge in [0.2, 0.25) is 23.5 Å². The first-order chi connectivity index (χ1) is 28.2. The molecule has 2 aromatic carbocycles. The lowest BCUT2D eigenvalue weighted by Crippen LogP contribution is -2.52. The zero-order valence-corrected chi connectivity index (χ0v) is 32.4. The number of ketones is 1. The molecule has 2 atom stereocenters. The van der Waals surface area contributed by atoms with Crippen LogP contribution in [0.2, 0.25) is 0 Å². The number of piperidine rings is 1. The quantitative estimate of drug-likeness (QED) is 0.0599. The Bertz CT molecular complexity index is 2490. The Hall–Kier alpha value is -5.98. The lowest BCUT2D eigenvalue weighted by molar-refractivity contribution is -0.168. The van der Waals surface area contributed by atoms with Crippen LogP contribution in [-0.2, 0) is 38.3 Å². The molecule has 8 rings (SSSR count). The molecule has 59 heavy (non-hydrogen) atoms. The Morgan fingerprint density at radius 1 is 1.00 bits per heavy atom. The number of Topliss-reactive ketones (excluding diaryl/α,β-unsaturated/α-hetero) is 1. The number of carbonyl (C=O) groups is 4. The van der Waals surface area contributed by atoms with E-state index in [2.05, 4.69) is 30.6 Å². The predicted molar refractivity (Wildman–Crippen MR) is 206 cm³/mol.